The van der Waals surface area contributed by atoms with Crippen molar-refractivity contribution >= 4 is 5.91 Å². The van der Waals surface area contributed by atoms with Gasteiger partial charge in [-0.05, 0) is 6.07 Å². The summed E-state index contributed by atoms with van der Waals surface area (Å²) >= 11 is 0. The highest BCUT2D eigenvalue weighted by atomic mass is 19.4. The molecule has 0 fully saturated rings. The zero-order chi connectivity index (χ0) is 14.1. The number of carbonyl (C=O) groups excluding carboxylic acids is 1. The van der Waals surface area contributed by atoms with E-state index in [1.807, 2.05) is 0 Å². The van der Waals surface area contributed by atoms with E-state index < -0.39 is 41.0 Å². The van der Waals surface area contributed by atoms with Gasteiger partial charge in [0.15, 0.2) is 6.10 Å². The molecule has 0 aliphatic rings. The molecule has 0 aromatic carbocycles. The predicted molar refractivity (Wildman–Crippen MR) is 52.2 cm³/mol. The van der Waals surface area contributed by atoms with Gasteiger partial charge in [-0.2, -0.15) is 13.2 Å². The van der Waals surface area contributed by atoms with E-state index in [-0.39, 0.29) is 0 Å². The van der Waals surface area contributed by atoms with E-state index in [1.54, 1.807) is 4.98 Å². The average Bonchev–Trinajstić information content (AvgIpc) is 2.26. The van der Waals surface area contributed by atoms with Crippen LogP contribution in [-0.4, -0.2) is 27.2 Å². The van der Waals surface area contributed by atoms with E-state index in [4.69, 9.17) is 5.11 Å². The van der Waals surface area contributed by atoms with Crippen molar-refractivity contribution in [2.75, 3.05) is 0 Å². The molecule has 1 amide bonds. The van der Waals surface area contributed by atoms with Crippen LogP contribution in [0, 0.1) is 0 Å². The molecule has 0 aliphatic heterocycles. The van der Waals surface area contributed by atoms with Crippen molar-refractivity contribution in [3.63, 3.8) is 0 Å². The van der Waals surface area contributed by atoms with Crippen molar-refractivity contribution in [1.29, 1.82) is 0 Å². The molecule has 0 bridgehead atoms. The van der Waals surface area contributed by atoms with Crippen LogP contribution in [-0.2, 0) is 11.0 Å². The van der Waals surface area contributed by atoms with Crippen LogP contribution in [0.15, 0.2) is 17.1 Å². The first kappa shape index (κ1) is 14.2. The van der Waals surface area contributed by atoms with Gasteiger partial charge in [0.1, 0.15) is 11.7 Å². The third-order valence-corrected chi connectivity index (χ3v) is 2.16. The lowest BCUT2D eigenvalue weighted by Gasteiger charge is -2.16. The van der Waals surface area contributed by atoms with Gasteiger partial charge in [0, 0.05) is 11.8 Å². The Labute approximate surface area is 97.9 Å². The smallest absolute Gasteiger partial charge is 0.385 e. The lowest BCUT2D eigenvalue weighted by Crippen LogP contribution is -2.34. The lowest BCUT2D eigenvalue weighted by atomic mass is 10.0. The highest BCUT2D eigenvalue weighted by Gasteiger charge is 2.35. The van der Waals surface area contributed by atoms with Crippen LogP contribution in [0.25, 0.3) is 0 Å². The summed E-state index contributed by atoms with van der Waals surface area (Å²) in [4.78, 5) is 23.3. The topological polar surface area (TPSA) is 116 Å². The van der Waals surface area contributed by atoms with Crippen LogP contribution < -0.4 is 11.3 Å². The lowest BCUT2D eigenvalue weighted by molar-refractivity contribution is -0.138. The number of aliphatic hydroxyl groups is 2. The number of aliphatic hydroxyl groups excluding tert-OH is 2. The third kappa shape index (κ3) is 2.87. The normalized spacial score (nSPS) is 15.2. The number of H-pyrrole nitrogens is 1. The van der Waals surface area contributed by atoms with E-state index >= 15 is 0 Å². The number of nitrogens with one attached hydrogen (secondary N) is 1. The number of hydrogen-bond acceptors (Lipinski definition) is 4. The molecule has 0 saturated carbocycles. The van der Waals surface area contributed by atoms with Gasteiger partial charge in [-0.15, -0.1) is 0 Å². The minimum atomic E-state index is -4.92. The zero-order valence-corrected chi connectivity index (χ0v) is 8.73. The van der Waals surface area contributed by atoms with Crippen LogP contribution in [0.3, 0.4) is 0 Å². The number of alkyl halides is 3. The van der Waals surface area contributed by atoms with Gasteiger partial charge in [-0.25, -0.2) is 0 Å². The second-order valence-corrected chi connectivity index (χ2v) is 3.47. The molecule has 0 aliphatic carbocycles. The molecule has 0 radical (unpaired) electrons. The summed E-state index contributed by atoms with van der Waals surface area (Å²) in [6, 6.07) is 0.343. The first-order chi connectivity index (χ1) is 8.14. The van der Waals surface area contributed by atoms with Crippen LogP contribution in [0.2, 0.25) is 0 Å². The highest BCUT2D eigenvalue weighted by molar-refractivity contribution is 5.79. The summed E-state index contributed by atoms with van der Waals surface area (Å²) in [5.41, 5.74) is 1.26. The molecular weight excluding hydrogens is 257 g/mol. The second kappa shape index (κ2) is 4.78. The van der Waals surface area contributed by atoms with E-state index in [2.05, 4.69) is 5.73 Å². The van der Waals surface area contributed by atoms with Gasteiger partial charge in [0.2, 0.25) is 5.91 Å². The van der Waals surface area contributed by atoms with Crippen molar-refractivity contribution in [3.8, 4) is 0 Å². The Morgan fingerprint density at radius 2 is 1.94 bits per heavy atom. The molecule has 2 unspecified atom stereocenters. The summed E-state index contributed by atoms with van der Waals surface area (Å²) in [6.45, 7) is 0. The summed E-state index contributed by atoms with van der Waals surface area (Å²) in [7, 11) is 0. The summed E-state index contributed by atoms with van der Waals surface area (Å²) in [5, 5.41) is 18.5. The van der Waals surface area contributed by atoms with E-state index in [9.17, 15) is 27.9 Å². The van der Waals surface area contributed by atoms with Gasteiger partial charge in [-0.1, -0.05) is 0 Å². The fourth-order valence-corrected chi connectivity index (χ4v) is 1.22. The first-order valence-electron chi connectivity index (χ1n) is 4.60. The molecule has 2 atom stereocenters. The van der Waals surface area contributed by atoms with Gasteiger partial charge < -0.3 is 20.9 Å². The molecule has 1 rings (SSSR count). The number of pyridine rings is 1. The second-order valence-electron chi connectivity index (χ2n) is 3.47. The fourth-order valence-electron chi connectivity index (χ4n) is 1.22. The van der Waals surface area contributed by atoms with Crippen molar-refractivity contribution in [2.24, 2.45) is 5.73 Å². The number of carbonyl (C=O) groups is 1. The maximum Gasteiger partial charge on any atom is 0.421 e. The summed E-state index contributed by atoms with van der Waals surface area (Å²) < 4.78 is 37.2. The van der Waals surface area contributed by atoms with E-state index in [0.717, 1.165) is 6.20 Å². The SMILES string of the molecule is NC(=O)C(O)C(O)c1c[nH]c(=O)c(C(F)(F)F)c1. The molecular formula is C9H9F3N2O4. The highest BCUT2D eigenvalue weighted by Crippen LogP contribution is 2.28. The molecule has 6 nitrogen and oxygen atoms in total. The van der Waals surface area contributed by atoms with Crippen LogP contribution in [0.4, 0.5) is 13.2 Å². The zero-order valence-electron chi connectivity index (χ0n) is 8.73. The number of hydrogen-bond donors (Lipinski definition) is 4. The van der Waals surface area contributed by atoms with Gasteiger partial charge in [0.25, 0.3) is 5.56 Å². The number of halogens is 3. The fraction of sp³-hybridized carbons (Fsp3) is 0.333. The monoisotopic (exact) mass is 266 g/mol. The van der Waals surface area contributed by atoms with Crippen molar-refractivity contribution in [2.45, 2.75) is 18.4 Å². The standard InChI is InChI=1S/C9H9F3N2O4/c10-9(11,12)4-1-3(2-14-8(4)18)5(15)6(16)7(13)17/h1-2,5-6,15-16H,(H2,13,17)(H,14,18). The Morgan fingerprint density at radius 3 is 2.39 bits per heavy atom. The molecule has 0 spiro atoms. The molecule has 5 N–H and O–H groups in total. The van der Waals surface area contributed by atoms with Gasteiger partial charge in [-0.3, -0.25) is 9.59 Å². The number of nitrogens with two attached hydrogens (primary N) is 1. The quantitative estimate of drug-likeness (QED) is 0.577. The Morgan fingerprint density at radius 1 is 1.39 bits per heavy atom. The summed E-state index contributed by atoms with van der Waals surface area (Å²) in [6.07, 6.45) is -8.19. The maximum absolute atomic E-state index is 12.4. The molecule has 18 heavy (non-hydrogen) atoms. The minimum absolute atomic E-state index is 0.343. The maximum atomic E-state index is 12.4. The molecule has 9 heteroatoms. The first-order valence-corrected chi connectivity index (χ1v) is 4.60. The molecule has 1 aromatic rings. The number of aromatic amines is 1. The molecule has 100 valence electrons. The van der Waals surface area contributed by atoms with Crippen LogP contribution >= 0.6 is 0 Å². The average molecular weight is 266 g/mol. The van der Waals surface area contributed by atoms with Gasteiger partial charge >= 0.3 is 6.18 Å². The minimum Gasteiger partial charge on any atom is -0.385 e. The van der Waals surface area contributed by atoms with Crippen LogP contribution in [0.5, 0.6) is 0 Å². The van der Waals surface area contributed by atoms with Crippen molar-refractivity contribution in [3.05, 3.63) is 33.7 Å². The molecule has 1 aromatic heterocycles. The Kier molecular flexibility index (Phi) is 3.77. The number of primary amides is 1. The Hall–Kier alpha value is -1.87. The largest absolute Gasteiger partial charge is 0.421 e. The van der Waals surface area contributed by atoms with Gasteiger partial charge in [0.05, 0.1) is 0 Å². The van der Waals surface area contributed by atoms with Crippen molar-refractivity contribution in [1.82, 2.24) is 4.98 Å². The number of aromatic nitrogens is 1. The summed E-state index contributed by atoms with van der Waals surface area (Å²) in [5.74, 6) is -1.30. The molecule has 1 heterocycles. The predicted octanol–water partition coefficient (Wildman–Crippen LogP) is -0.727. The Balaban J connectivity index is 3.21. The van der Waals surface area contributed by atoms with Crippen LogP contribution in [0.1, 0.15) is 17.2 Å². The van der Waals surface area contributed by atoms with E-state index in [0.29, 0.717) is 6.07 Å². The van der Waals surface area contributed by atoms with E-state index in [1.165, 1.54) is 0 Å². The number of rotatable bonds is 3. The van der Waals surface area contributed by atoms with Crippen molar-refractivity contribution < 1.29 is 28.2 Å². The molecule has 0 saturated heterocycles. The third-order valence-electron chi connectivity index (χ3n) is 2.16. The number of amides is 1. The Bertz CT molecular complexity index is 511.